The van der Waals surface area contributed by atoms with Crippen molar-refractivity contribution in [3.8, 4) is 5.75 Å². The molecule has 3 aliphatic rings. The fraction of sp³-hybridized carbons (Fsp3) is 0.538. The Morgan fingerprint density at radius 3 is 2.58 bits per heavy atom. The number of amides is 1. The minimum atomic E-state index is -0.0117. The molecule has 0 N–H and O–H groups in total. The summed E-state index contributed by atoms with van der Waals surface area (Å²) in [6.45, 7) is 8.31. The predicted molar refractivity (Wildman–Crippen MR) is 163 cm³/mol. The summed E-state index contributed by atoms with van der Waals surface area (Å²) in [6, 6.07) is 6.23. The van der Waals surface area contributed by atoms with Crippen LogP contribution in [0.25, 0.3) is 0 Å². The quantitative estimate of drug-likeness (QED) is 0.131. The van der Waals surface area contributed by atoms with E-state index >= 15 is 0 Å². The number of nitrogens with zero attached hydrogens (tertiary/aromatic N) is 2. The fourth-order valence-corrected chi connectivity index (χ4v) is 8.84. The number of thioether (sulfide) groups is 4. The van der Waals surface area contributed by atoms with E-state index in [2.05, 4.69) is 30.5 Å². The van der Waals surface area contributed by atoms with Gasteiger partial charge < -0.3 is 14.4 Å². The Morgan fingerprint density at radius 1 is 1.11 bits per heavy atom. The van der Waals surface area contributed by atoms with Crippen LogP contribution in [0.15, 0.2) is 45.2 Å². The average Bonchev–Trinajstić information content (AvgIpc) is 3.34. The highest BCUT2D eigenvalue weighted by molar-refractivity contribution is 8.27. The summed E-state index contributed by atoms with van der Waals surface area (Å²) in [7, 11) is 1.75. The van der Waals surface area contributed by atoms with Crippen LogP contribution in [0.4, 0.5) is 5.69 Å². The van der Waals surface area contributed by atoms with Gasteiger partial charge in [0.15, 0.2) is 0 Å². The van der Waals surface area contributed by atoms with E-state index in [0.717, 1.165) is 62.2 Å². The average molecular weight is 583 g/mol. The van der Waals surface area contributed by atoms with E-state index in [1.54, 1.807) is 23.7 Å². The van der Waals surface area contributed by atoms with Crippen LogP contribution in [-0.4, -0.2) is 71.0 Å². The number of fused-ring (bicyclic) bond motifs is 1. The molecule has 0 saturated carbocycles. The Balaban J connectivity index is 1.38. The molecule has 3 heterocycles. The van der Waals surface area contributed by atoms with Gasteiger partial charge in [-0.15, -0.1) is 0 Å². The number of thiocarbonyl (C=S) groups is 1. The van der Waals surface area contributed by atoms with Crippen LogP contribution in [0.1, 0.15) is 32.6 Å². The number of carbonyl (C=O) groups excluding carboxylic acids is 1. The molecule has 5 nitrogen and oxygen atoms in total. The number of likely N-dealkylation sites (N-methyl/N-ethyl adjacent to an activating group) is 1. The number of benzene rings is 1. The van der Waals surface area contributed by atoms with Crippen LogP contribution < -0.4 is 9.64 Å². The number of carbonyl (C=O) groups is 1. The molecule has 1 aromatic carbocycles. The third-order valence-electron chi connectivity index (χ3n) is 5.99. The first-order valence-corrected chi connectivity index (χ1v) is 16.7. The van der Waals surface area contributed by atoms with Crippen molar-refractivity contribution in [3.05, 3.63) is 40.3 Å². The van der Waals surface area contributed by atoms with Gasteiger partial charge in [0.25, 0.3) is 5.91 Å². The molecule has 4 rings (SSSR count). The van der Waals surface area contributed by atoms with E-state index in [9.17, 15) is 4.79 Å². The molecule has 0 aromatic heterocycles. The van der Waals surface area contributed by atoms with Crippen molar-refractivity contribution >= 4 is 75.2 Å². The Morgan fingerprint density at radius 2 is 1.89 bits per heavy atom. The molecule has 10 heteroatoms. The van der Waals surface area contributed by atoms with Crippen LogP contribution >= 0.6 is 59.3 Å². The van der Waals surface area contributed by atoms with Crippen LogP contribution in [0.5, 0.6) is 5.75 Å². The molecule has 0 spiro atoms. The molecular weight excluding hydrogens is 549 g/mol. The van der Waals surface area contributed by atoms with Gasteiger partial charge in [0.05, 0.1) is 18.4 Å². The SMILES string of the molecule is C=C1CSCC(OCCOc2ccc3c(c2)SC(=C2SC(=S)N(C)C2=O)N3CCCCCC)CSC1. The maximum atomic E-state index is 12.9. The molecule has 2 fully saturated rings. The first-order valence-electron chi connectivity index (χ1n) is 12.4. The van der Waals surface area contributed by atoms with Gasteiger partial charge in [0.2, 0.25) is 0 Å². The minimum Gasteiger partial charge on any atom is -0.491 e. The molecule has 1 aromatic rings. The van der Waals surface area contributed by atoms with Crippen molar-refractivity contribution in [1.29, 1.82) is 0 Å². The van der Waals surface area contributed by atoms with E-state index < -0.39 is 0 Å². The van der Waals surface area contributed by atoms with E-state index in [4.69, 9.17) is 21.7 Å². The number of hydrogen-bond acceptors (Lipinski definition) is 9. The molecule has 0 unspecified atom stereocenters. The second kappa shape index (κ2) is 13.8. The van der Waals surface area contributed by atoms with Crippen molar-refractivity contribution in [2.75, 3.05) is 54.7 Å². The largest absolute Gasteiger partial charge is 0.491 e. The smallest absolute Gasteiger partial charge is 0.268 e. The van der Waals surface area contributed by atoms with E-state index in [1.165, 1.54) is 36.6 Å². The van der Waals surface area contributed by atoms with Gasteiger partial charge in [0.1, 0.15) is 26.6 Å². The summed E-state index contributed by atoms with van der Waals surface area (Å²) in [5.41, 5.74) is 2.45. The first kappa shape index (κ1) is 28.2. The second-order valence-corrected chi connectivity index (χ2v) is 13.7. The maximum absolute atomic E-state index is 12.9. The lowest BCUT2D eigenvalue weighted by atomic mass is 10.2. The first-order chi connectivity index (χ1) is 17.5. The van der Waals surface area contributed by atoms with Gasteiger partial charge in [-0.05, 0) is 24.6 Å². The van der Waals surface area contributed by atoms with Gasteiger partial charge in [-0.2, -0.15) is 23.5 Å². The van der Waals surface area contributed by atoms with Gasteiger partial charge in [-0.25, -0.2) is 0 Å². The van der Waals surface area contributed by atoms with E-state index in [0.29, 0.717) is 17.5 Å². The maximum Gasteiger partial charge on any atom is 0.268 e. The molecule has 3 aliphatic heterocycles. The summed E-state index contributed by atoms with van der Waals surface area (Å²) < 4.78 is 12.8. The number of hydrogen-bond donors (Lipinski definition) is 0. The van der Waals surface area contributed by atoms with E-state index in [1.807, 2.05) is 29.6 Å². The highest BCUT2D eigenvalue weighted by atomic mass is 32.2. The number of rotatable bonds is 10. The monoisotopic (exact) mass is 582 g/mol. The second-order valence-electron chi connectivity index (χ2n) is 8.93. The molecule has 196 valence electrons. The van der Waals surface area contributed by atoms with Crippen LogP contribution in [0, 0.1) is 0 Å². The highest BCUT2D eigenvalue weighted by Crippen LogP contribution is 2.51. The van der Waals surface area contributed by atoms with Crippen LogP contribution in [-0.2, 0) is 9.53 Å². The summed E-state index contributed by atoms with van der Waals surface area (Å²) in [5.74, 6) is 4.87. The van der Waals surface area contributed by atoms with Crippen molar-refractivity contribution in [2.45, 2.75) is 43.6 Å². The molecule has 2 saturated heterocycles. The van der Waals surface area contributed by atoms with Gasteiger partial charge in [-0.1, -0.05) is 74.1 Å². The summed E-state index contributed by atoms with van der Waals surface area (Å²) in [6.07, 6.45) is 4.95. The molecule has 36 heavy (non-hydrogen) atoms. The lowest BCUT2D eigenvalue weighted by Crippen LogP contribution is -2.25. The van der Waals surface area contributed by atoms with Gasteiger partial charge >= 0.3 is 0 Å². The van der Waals surface area contributed by atoms with Gasteiger partial charge in [0, 0.05) is 41.5 Å². The third kappa shape index (κ3) is 7.20. The van der Waals surface area contributed by atoms with Crippen LogP contribution in [0.3, 0.4) is 0 Å². The van der Waals surface area contributed by atoms with Crippen molar-refractivity contribution < 1.29 is 14.3 Å². The Bertz CT molecular complexity index is 1000. The molecule has 0 radical (unpaired) electrons. The number of unbranched alkanes of at least 4 members (excludes halogenated alkanes) is 3. The molecule has 0 atom stereocenters. The van der Waals surface area contributed by atoms with Crippen molar-refractivity contribution in [3.63, 3.8) is 0 Å². The Labute approximate surface area is 237 Å². The van der Waals surface area contributed by atoms with E-state index in [-0.39, 0.29) is 12.0 Å². The number of anilines is 1. The highest BCUT2D eigenvalue weighted by Gasteiger charge is 2.37. The predicted octanol–water partition coefficient (Wildman–Crippen LogP) is 6.64. The molecular formula is C26H34N2O3S5. The topological polar surface area (TPSA) is 42.0 Å². The Hall–Kier alpha value is -0.780. The zero-order chi connectivity index (χ0) is 25.5. The zero-order valence-corrected chi connectivity index (χ0v) is 25.0. The molecule has 0 aliphatic carbocycles. The third-order valence-corrected chi connectivity index (χ3v) is 11.3. The lowest BCUT2D eigenvalue weighted by Gasteiger charge is -2.22. The summed E-state index contributed by atoms with van der Waals surface area (Å²) >= 11 is 12.3. The number of ether oxygens (including phenoxy) is 2. The zero-order valence-electron chi connectivity index (χ0n) is 21.0. The van der Waals surface area contributed by atoms with Crippen molar-refractivity contribution in [2.24, 2.45) is 0 Å². The van der Waals surface area contributed by atoms with Gasteiger partial charge in [-0.3, -0.25) is 9.69 Å². The molecule has 1 amide bonds. The fourth-order valence-electron chi connectivity index (χ4n) is 4.04. The van der Waals surface area contributed by atoms with Crippen molar-refractivity contribution in [1.82, 2.24) is 4.90 Å². The minimum absolute atomic E-state index is 0.0117. The molecule has 0 bridgehead atoms. The standard InChI is InChI=1S/C26H34N2O3S5/c1-4-5-6-7-10-28-21-9-8-19(30-11-12-31-20-16-33-14-18(2)15-34-17-20)13-22(21)35-25(28)23-24(29)27(3)26(32)36-23/h8-9,13,20H,2,4-7,10-12,14-17H2,1,3H3. The summed E-state index contributed by atoms with van der Waals surface area (Å²) in [4.78, 5) is 18.6. The Kier molecular flexibility index (Phi) is 10.9. The van der Waals surface area contributed by atoms with Crippen LogP contribution in [0.2, 0.25) is 0 Å². The summed E-state index contributed by atoms with van der Waals surface area (Å²) in [5, 5.41) is 0.991. The normalized spacial score (nSPS) is 21.2. The lowest BCUT2D eigenvalue weighted by molar-refractivity contribution is -0.121.